The van der Waals surface area contributed by atoms with Crippen LogP contribution < -0.4 is 15.4 Å². The fraction of sp³-hybridized carbons (Fsp3) is 0.438. The lowest BCUT2D eigenvalue weighted by molar-refractivity contribution is -0.137. The van der Waals surface area contributed by atoms with E-state index >= 15 is 0 Å². The molecular weight excluding hydrogens is 516 g/mol. The molecule has 0 bridgehead atoms. The number of nitriles is 1. The fourth-order valence-corrected chi connectivity index (χ4v) is 5.29. The lowest BCUT2D eigenvalue weighted by Gasteiger charge is -2.35. The van der Waals surface area contributed by atoms with Crippen LogP contribution in [0.5, 0.6) is 5.75 Å². The van der Waals surface area contributed by atoms with E-state index < -0.39 is 5.54 Å². The molecule has 2 aromatic carbocycles. The Morgan fingerprint density at radius 1 is 1.10 bits per heavy atom. The number of carbonyl (C=O) groups excluding carboxylic acids is 1. The number of piperidine rings is 1. The van der Waals surface area contributed by atoms with Crippen LogP contribution in [0.2, 0.25) is 0 Å². The third-order valence-electron chi connectivity index (χ3n) is 7.70. The van der Waals surface area contributed by atoms with Crippen LogP contribution >= 0.6 is 0 Å². The van der Waals surface area contributed by atoms with Gasteiger partial charge in [-0.05, 0) is 74.6 Å². The maximum atomic E-state index is 12.4. The van der Waals surface area contributed by atoms with E-state index in [1.807, 2.05) is 29.2 Å². The third-order valence-corrected chi connectivity index (χ3v) is 7.70. The molecular formula is C32H38N6O3. The number of amides is 1. The van der Waals surface area contributed by atoms with Gasteiger partial charge in [0.05, 0.1) is 36.6 Å². The Morgan fingerprint density at radius 2 is 1.83 bits per heavy atom. The summed E-state index contributed by atoms with van der Waals surface area (Å²) in [5.74, 6) is 1.59. The van der Waals surface area contributed by atoms with Crippen molar-refractivity contribution in [2.24, 2.45) is 11.7 Å². The summed E-state index contributed by atoms with van der Waals surface area (Å²) in [4.78, 5) is 25.9. The number of carbonyl (C=O) groups is 1. The molecule has 3 aromatic rings. The van der Waals surface area contributed by atoms with Crippen LogP contribution in [0.3, 0.4) is 0 Å². The summed E-state index contributed by atoms with van der Waals surface area (Å²) in [7, 11) is 0. The number of nitrogens with two attached hydrogens (primary N) is 1. The van der Waals surface area contributed by atoms with Crippen molar-refractivity contribution in [3.05, 3.63) is 71.7 Å². The number of likely N-dealkylation sites (tertiary alicyclic amines) is 1. The van der Waals surface area contributed by atoms with E-state index in [0.717, 1.165) is 61.8 Å². The molecule has 2 aliphatic rings. The summed E-state index contributed by atoms with van der Waals surface area (Å²) in [5, 5.41) is 9.84. The minimum absolute atomic E-state index is 0.0196. The Bertz CT molecular complexity index is 1380. The van der Waals surface area contributed by atoms with E-state index in [4.69, 9.17) is 20.2 Å². The molecule has 9 heteroatoms. The monoisotopic (exact) mass is 554 g/mol. The first-order valence-corrected chi connectivity index (χ1v) is 14.3. The van der Waals surface area contributed by atoms with Gasteiger partial charge in [0.1, 0.15) is 17.6 Å². The maximum absolute atomic E-state index is 12.4. The van der Waals surface area contributed by atoms with E-state index in [0.29, 0.717) is 43.3 Å². The van der Waals surface area contributed by atoms with Crippen LogP contribution in [-0.4, -0.2) is 72.3 Å². The van der Waals surface area contributed by atoms with Gasteiger partial charge in [-0.15, -0.1) is 0 Å². The second-order valence-corrected chi connectivity index (χ2v) is 11.4. The number of hydrogen-bond acceptors (Lipinski definition) is 8. The normalized spacial score (nSPS) is 16.3. The van der Waals surface area contributed by atoms with Crippen LogP contribution in [0, 0.1) is 17.2 Å². The second kappa shape index (κ2) is 12.7. The van der Waals surface area contributed by atoms with Gasteiger partial charge in [-0.25, -0.2) is 9.97 Å². The number of rotatable bonds is 8. The SMILES string of the molecule is CC(C)(N)C(=O)N1CCC(COc2ccc(-c3ccnc(Cc4ccc(N5CCOCC5)cc4)n3)cc2C#N)CC1. The van der Waals surface area contributed by atoms with Crippen molar-refractivity contribution in [3.63, 3.8) is 0 Å². The molecule has 214 valence electrons. The van der Waals surface area contributed by atoms with E-state index in [9.17, 15) is 10.1 Å². The minimum Gasteiger partial charge on any atom is -0.492 e. The van der Waals surface area contributed by atoms with Crippen LogP contribution in [0.15, 0.2) is 54.7 Å². The van der Waals surface area contributed by atoms with Gasteiger partial charge in [0.2, 0.25) is 5.91 Å². The largest absolute Gasteiger partial charge is 0.492 e. The van der Waals surface area contributed by atoms with Gasteiger partial charge in [0.25, 0.3) is 0 Å². The molecule has 2 fully saturated rings. The highest BCUT2D eigenvalue weighted by atomic mass is 16.5. The zero-order valence-electron chi connectivity index (χ0n) is 23.9. The molecule has 0 atom stereocenters. The molecule has 1 aromatic heterocycles. The predicted octanol–water partition coefficient (Wildman–Crippen LogP) is 3.80. The zero-order chi connectivity index (χ0) is 28.8. The fourth-order valence-electron chi connectivity index (χ4n) is 5.29. The Hall–Kier alpha value is -4.00. The van der Waals surface area contributed by atoms with E-state index in [1.165, 1.54) is 5.69 Å². The first kappa shape index (κ1) is 28.5. The van der Waals surface area contributed by atoms with Gasteiger partial charge in [0.15, 0.2) is 0 Å². The van der Waals surface area contributed by atoms with Crippen molar-refractivity contribution < 1.29 is 14.3 Å². The van der Waals surface area contributed by atoms with E-state index in [2.05, 4.69) is 40.2 Å². The Kier molecular flexibility index (Phi) is 8.81. The number of nitrogens with zero attached hydrogens (tertiary/aromatic N) is 5. The molecule has 0 radical (unpaired) electrons. The van der Waals surface area contributed by atoms with Crippen molar-refractivity contribution in [1.29, 1.82) is 5.26 Å². The zero-order valence-corrected chi connectivity index (χ0v) is 23.9. The van der Waals surface area contributed by atoms with E-state index in [1.54, 1.807) is 20.0 Å². The van der Waals surface area contributed by atoms with Gasteiger partial charge >= 0.3 is 0 Å². The number of hydrogen-bond donors (Lipinski definition) is 1. The lowest BCUT2D eigenvalue weighted by Crippen LogP contribution is -2.53. The van der Waals surface area contributed by atoms with Crippen LogP contribution in [0.4, 0.5) is 5.69 Å². The van der Waals surface area contributed by atoms with Crippen LogP contribution in [0.1, 0.15) is 43.6 Å². The van der Waals surface area contributed by atoms with Gasteiger partial charge in [-0.1, -0.05) is 12.1 Å². The molecule has 0 spiro atoms. The minimum atomic E-state index is -0.855. The first-order chi connectivity index (χ1) is 19.8. The first-order valence-electron chi connectivity index (χ1n) is 14.3. The molecule has 2 N–H and O–H groups in total. The number of morpholine rings is 1. The molecule has 2 saturated heterocycles. The molecule has 1 amide bonds. The van der Waals surface area contributed by atoms with E-state index in [-0.39, 0.29) is 5.91 Å². The Balaban J connectivity index is 1.19. The Labute approximate surface area is 241 Å². The summed E-state index contributed by atoms with van der Waals surface area (Å²) in [5.41, 5.74) is 9.55. The van der Waals surface area contributed by atoms with Gasteiger partial charge < -0.3 is 25.0 Å². The van der Waals surface area contributed by atoms with Crippen molar-refractivity contribution in [3.8, 4) is 23.1 Å². The number of ether oxygens (including phenoxy) is 2. The highest BCUT2D eigenvalue weighted by Crippen LogP contribution is 2.28. The third kappa shape index (κ3) is 7.20. The summed E-state index contributed by atoms with van der Waals surface area (Å²) in [6, 6.07) is 18.3. The molecule has 41 heavy (non-hydrogen) atoms. The smallest absolute Gasteiger partial charge is 0.242 e. The van der Waals surface area contributed by atoms with Crippen molar-refractivity contribution in [2.75, 3.05) is 50.9 Å². The quantitative estimate of drug-likeness (QED) is 0.447. The summed E-state index contributed by atoms with van der Waals surface area (Å²) in [6.07, 6.45) is 4.08. The summed E-state index contributed by atoms with van der Waals surface area (Å²) >= 11 is 0. The highest BCUT2D eigenvalue weighted by molar-refractivity contribution is 5.85. The standard InChI is InChI=1S/C32H38N6O3/c1-32(2,34)31(39)38-13-10-24(11-14-38)22-41-29-8-5-25(20-26(29)21-33)28-9-12-35-30(36-28)19-23-3-6-27(7-4-23)37-15-17-40-18-16-37/h3-9,12,20,24H,10-11,13-19,22,34H2,1-2H3. The van der Waals surface area contributed by atoms with Crippen LogP contribution in [-0.2, 0) is 16.0 Å². The number of anilines is 1. The van der Waals surface area contributed by atoms with Crippen molar-refractivity contribution >= 4 is 11.6 Å². The maximum Gasteiger partial charge on any atom is 0.242 e. The Morgan fingerprint density at radius 3 is 2.51 bits per heavy atom. The van der Waals surface area contributed by atoms with Gasteiger partial charge in [0, 0.05) is 50.0 Å². The molecule has 3 heterocycles. The van der Waals surface area contributed by atoms with Crippen molar-refractivity contribution in [1.82, 2.24) is 14.9 Å². The molecule has 5 rings (SSSR count). The average Bonchev–Trinajstić information content (AvgIpc) is 3.00. The topological polar surface area (TPSA) is 118 Å². The molecule has 2 aliphatic heterocycles. The molecule has 0 saturated carbocycles. The molecule has 0 unspecified atom stereocenters. The lowest BCUT2D eigenvalue weighted by atomic mass is 9.95. The highest BCUT2D eigenvalue weighted by Gasteiger charge is 2.31. The summed E-state index contributed by atoms with van der Waals surface area (Å²) < 4.78 is 11.5. The molecule has 0 aliphatic carbocycles. The number of aromatic nitrogens is 2. The second-order valence-electron chi connectivity index (χ2n) is 11.4. The average molecular weight is 555 g/mol. The summed E-state index contributed by atoms with van der Waals surface area (Å²) in [6.45, 7) is 8.68. The number of benzene rings is 2. The van der Waals surface area contributed by atoms with Gasteiger partial charge in [-0.2, -0.15) is 5.26 Å². The van der Waals surface area contributed by atoms with Crippen LogP contribution in [0.25, 0.3) is 11.3 Å². The molecule has 9 nitrogen and oxygen atoms in total. The van der Waals surface area contributed by atoms with Crippen molar-refractivity contribution in [2.45, 2.75) is 38.6 Å². The predicted molar refractivity (Wildman–Crippen MR) is 158 cm³/mol. The van der Waals surface area contributed by atoms with Gasteiger partial charge in [-0.3, -0.25) is 4.79 Å².